The highest BCUT2D eigenvalue weighted by Gasteiger charge is 2.26. The fraction of sp³-hybridized carbons (Fsp3) is 0.333. The van der Waals surface area contributed by atoms with Crippen LogP contribution < -0.4 is 20.7 Å². The first-order chi connectivity index (χ1) is 30.5. The van der Waals surface area contributed by atoms with E-state index in [1.165, 1.54) is 0 Å². The quantitative estimate of drug-likeness (QED) is 0.0377. The number of methoxy groups -OCH3 is 1. The van der Waals surface area contributed by atoms with Crippen molar-refractivity contribution in [3.63, 3.8) is 0 Å². The first-order valence-corrected chi connectivity index (χ1v) is 21.3. The highest BCUT2D eigenvalue weighted by molar-refractivity contribution is 6.35. The van der Waals surface area contributed by atoms with E-state index < -0.39 is 5.97 Å². The second kappa shape index (κ2) is 21.7. The first kappa shape index (κ1) is 45.5. The number of H-pyrrole nitrogens is 2. The molecule has 0 radical (unpaired) electrons. The summed E-state index contributed by atoms with van der Waals surface area (Å²) in [5, 5.41) is 15.6. The van der Waals surface area contributed by atoms with Gasteiger partial charge in [0, 0.05) is 79.0 Å². The molecule has 2 aromatic heterocycles. The molecule has 0 spiro atoms. The number of esters is 1. The van der Waals surface area contributed by atoms with Crippen LogP contribution in [0.1, 0.15) is 77.1 Å². The van der Waals surface area contributed by atoms with Crippen molar-refractivity contribution in [2.24, 2.45) is 0 Å². The number of hydrogen-bond acceptors (Lipinski definition) is 9. The minimum Gasteiger partial charge on any atom is -0.497 e. The zero-order chi connectivity index (χ0) is 44.9. The van der Waals surface area contributed by atoms with Gasteiger partial charge in [0.2, 0.25) is 0 Å². The van der Waals surface area contributed by atoms with Crippen LogP contribution in [0.5, 0.6) is 5.75 Å². The number of amides is 4. The van der Waals surface area contributed by atoms with Crippen molar-refractivity contribution in [2.45, 2.75) is 59.9 Å². The summed E-state index contributed by atoms with van der Waals surface area (Å²) < 4.78 is 10.9. The number of benzene rings is 3. The summed E-state index contributed by atoms with van der Waals surface area (Å²) in [7, 11) is 1.58. The molecule has 15 heteroatoms. The monoisotopic (exact) mass is 856 g/mol. The zero-order valence-electron chi connectivity index (χ0n) is 36.6. The van der Waals surface area contributed by atoms with Gasteiger partial charge in [0.1, 0.15) is 18.1 Å². The van der Waals surface area contributed by atoms with Crippen LogP contribution in [0.15, 0.2) is 79.1 Å². The molecule has 5 N–H and O–H groups in total. The van der Waals surface area contributed by atoms with Crippen molar-refractivity contribution in [2.75, 3.05) is 57.1 Å². The standard InChI is InChI=1S/C48H56N8O7/c1-6-55(7-2)21-20-49-47(60)45-31(3)43(52-32(45)4)27-41-40-26-33(14-19-42(40)54-46(41)59)24-38(57)11-9-13-44(58)63-23-22-56(30-34-10-8-12-39(25-34)62-5)48(61)53-37-17-15-35(16-18-37)36-28-50-51-29-36/h8,10,12,14-19,25-29,52H,6-7,9,11,13,20-24,30H2,1-5H3,(H,49,60)(H,50,51)(H,53,61)(H,54,59)/b41-27-. The molecule has 63 heavy (non-hydrogen) atoms. The molecule has 4 amide bonds. The number of urea groups is 1. The van der Waals surface area contributed by atoms with Crippen molar-refractivity contribution in [1.82, 2.24) is 30.3 Å². The molecule has 15 nitrogen and oxygen atoms in total. The molecule has 0 atom stereocenters. The molecule has 0 unspecified atom stereocenters. The van der Waals surface area contributed by atoms with Crippen LogP contribution in [-0.2, 0) is 32.1 Å². The number of ether oxygens (including phenoxy) is 2. The number of nitrogens with zero attached hydrogens (tertiary/aromatic N) is 3. The maximum absolute atomic E-state index is 13.5. The molecule has 0 saturated heterocycles. The molecule has 0 aliphatic carbocycles. The number of rotatable bonds is 21. The van der Waals surface area contributed by atoms with Crippen LogP contribution in [0.3, 0.4) is 0 Å². The molecule has 5 aromatic rings. The fourth-order valence-corrected chi connectivity index (χ4v) is 7.54. The van der Waals surface area contributed by atoms with E-state index in [9.17, 15) is 24.0 Å². The van der Waals surface area contributed by atoms with E-state index in [1.807, 2.05) is 74.5 Å². The van der Waals surface area contributed by atoms with E-state index in [0.29, 0.717) is 58.2 Å². The number of fused-ring (bicyclic) bond motifs is 1. The number of aromatic nitrogens is 3. The number of hydrogen-bond donors (Lipinski definition) is 5. The number of anilines is 2. The van der Waals surface area contributed by atoms with Crippen LogP contribution in [0.2, 0.25) is 0 Å². The number of likely N-dealkylation sites (N-methyl/N-ethyl adjacent to an activating group) is 1. The molecule has 3 aromatic carbocycles. The predicted octanol–water partition coefficient (Wildman–Crippen LogP) is 7.15. The minimum atomic E-state index is -0.466. The predicted molar refractivity (Wildman–Crippen MR) is 243 cm³/mol. The molecule has 0 saturated carbocycles. The average molecular weight is 857 g/mol. The average Bonchev–Trinajstić information content (AvgIpc) is 4.00. The molecule has 330 valence electrons. The normalized spacial score (nSPS) is 12.5. The van der Waals surface area contributed by atoms with Gasteiger partial charge in [-0.15, -0.1) is 0 Å². The number of carbonyl (C=O) groups excluding carboxylic acids is 5. The van der Waals surface area contributed by atoms with E-state index in [2.05, 4.69) is 49.9 Å². The van der Waals surface area contributed by atoms with Crippen LogP contribution in [0, 0.1) is 13.8 Å². The molecule has 3 heterocycles. The van der Waals surface area contributed by atoms with Crippen LogP contribution >= 0.6 is 0 Å². The Hall–Kier alpha value is -7.00. The number of carbonyl (C=O) groups is 5. The third-order valence-corrected chi connectivity index (χ3v) is 11.1. The lowest BCUT2D eigenvalue weighted by molar-refractivity contribution is -0.144. The summed E-state index contributed by atoms with van der Waals surface area (Å²) in [6, 6.07) is 19.9. The Kier molecular flexibility index (Phi) is 15.7. The summed E-state index contributed by atoms with van der Waals surface area (Å²) in [4.78, 5) is 72.7. The van der Waals surface area contributed by atoms with Crippen molar-refractivity contribution in [3.05, 3.63) is 118 Å². The van der Waals surface area contributed by atoms with Gasteiger partial charge in [0.15, 0.2) is 0 Å². The van der Waals surface area contributed by atoms with E-state index in [0.717, 1.165) is 47.5 Å². The summed E-state index contributed by atoms with van der Waals surface area (Å²) in [6.07, 6.45) is 5.89. The highest BCUT2D eigenvalue weighted by atomic mass is 16.5. The molecule has 1 aliphatic heterocycles. The Balaban J connectivity index is 0.996. The SMILES string of the molecule is CCN(CC)CCNC(=O)c1c(C)[nH]c(/C=C2\C(=O)Nc3ccc(CC(=O)CCCC(=O)OCCN(Cc4cccc(OC)c4)C(=O)Nc4ccc(-c5cn[nH]c5)cc4)cc32)c1C. The zero-order valence-corrected chi connectivity index (χ0v) is 36.6. The van der Waals surface area contributed by atoms with Crippen LogP contribution in [0.4, 0.5) is 16.2 Å². The molecular formula is C48H56N8O7. The molecule has 0 bridgehead atoms. The molecule has 6 rings (SSSR count). The maximum Gasteiger partial charge on any atom is 0.322 e. The van der Waals surface area contributed by atoms with Crippen LogP contribution in [0.25, 0.3) is 22.8 Å². The second-order valence-corrected chi connectivity index (χ2v) is 15.4. The van der Waals surface area contributed by atoms with Crippen molar-refractivity contribution < 1.29 is 33.4 Å². The topological polar surface area (TPSA) is 191 Å². The summed E-state index contributed by atoms with van der Waals surface area (Å²) in [5.74, 6) is -0.307. The summed E-state index contributed by atoms with van der Waals surface area (Å²) >= 11 is 0. The largest absolute Gasteiger partial charge is 0.497 e. The lowest BCUT2D eigenvalue weighted by Crippen LogP contribution is -2.37. The number of nitrogens with one attached hydrogen (secondary N) is 5. The fourth-order valence-electron chi connectivity index (χ4n) is 7.54. The van der Waals surface area contributed by atoms with E-state index in [4.69, 9.17) is 9.47 Å². The Bertz CT molecular complexity index is 2430. The Labute approximate surface area is 367 Å². The van der Waals surface area contributed by atoms with E-state index >= 15 is 0 Å². The Morgan fingerprint density at radius 1 is 0.905 bits per heavy atom. The van der Waals surface area contributed by atoms with Gasteiger partial charge in [0.05, 0.1) is 31.0 Å². The van der Waals surface area contributed by atoms with Gasteiger partial charge >= 0.3 is 12.0 Å². The molecule has 1 aliphatic rings. The third-order valence-electron chi connectivity index (χ3n) is 11.1. The third kappa shape index (κ3) is 12.1. The van der Waals surface area contributed by atoms with Gasteiger partial charge in [-0.2, -0.15) is 5.10 Å². The van der Waals surface area contributed by atoms with Crippen molar-refractivity contribution in [1.29, 1.82) is 0 Å². The number of aromatic amines is 2. The van der Waals surface area contributed by atoms with Crippen LogP contribution in [-0.4, -0.2) is 101 Å². The van der Waals surface area contributed by atoms with Gasteiger partial charge in [-0.25, -0.2) is 4.79 Å². The number of ketones is 1. The molecular weight excluding hydrogens is 801 g/mol. The Morgan fingerprint density at radius 3 is 2.43 bits per heavy atom. The Morgan fingerprint density at radius 2 is 1.70 bits per heavy atom. The van der Waals surface area contributed by atoms with E-state index in [1.54, 1.807) is 36.5 Å². The lowest BCUT2D eigenvalue weighted by Gasteiger charge is -2.23. The van der Waals surface area contributed by atoms with Crippen molar-refractivity contribution in [3.8, 4) is 16.9 Å². The maximum atomic E-state index is 13.5. The number of aryl methyl sites for hydroxylation is 1. The highest BCUT2D eigenvalue weighted by Crippen LogP contribution is 2.35. The lowest BCUT2D eigenvalue weighted by atomic mass is 9.98. The molecule has 0 fully saturated rings. The van der Waals surface area contributed by atoms with Gasteiger partial charge in [0.25, 0.3) is 11.8 Å². The van der Waals surface area contributed by atoms with Gasteiger partial charge in [-0.1, -0.05) is 44.2 Å². The van der Waals surface area contributed by atoms with Gasteiger partial charge in [-0.3, -0.25) is 24.3 Å². The summed E-state index contributed by atoms with van der Waals surface area (Å²) in [5.41, 5.74) is 8.46. The first-order valence-electron chi connectivity index (χ1n) is 21.3. The minimum absolute atomic E-state index is 0.0334. The van der Waals surface area contributed by atoms with E-state index in [-0.39, 0.29) is 62.6 Å². The smallest absolute Gasteiger partial charge is 0.322 e. The number of Topliss-reactive ketones (excluding diaryl/α,β-unsaturated/α-hetero) is 1. The van der Waals surface area contributed by atoms with Crippen molar-refractivity contribution >= 4 is 52.6 Å². The van der Waals surface area contributed by atoms with Gasteiger partial charge in [-0.05, 0) is 98.1 Å². The van der Waals surface area contributed by atoms with Gasteiger partial charge < -0.3 is 40.2 Å². The second-order valence-electron chi connectivity index (χ2n) is 15.4. The summed E-state index contributed by atoms with van der Waals surface area (Å²) in [6.45, 7) is 11.3.